The lowest BCUT2D eigenvalue weighted by Crippen LogP contribution is -2.39. The van der Waals surface area contributed by atoms with Crippen molar-refractivity contribution in [3.8, 4) is 5.75 Å². The summed E-state index contributed by atoms with van der Waals surface area (Å²) >= 11 is 0. The van der Waals surface area contributed by atoms with Crippen LogP contribution in [0, 0.1) is 16.0 Å². The predicted molar refractivity (Wildman–Crippen MR) is 83.5 cm³/mol. The molecule has 0 bridgehead atoms. The van der Waals surface area contributed by atoms with Gasteiger partial charge >= 0.3 is 5.69 Å². The molecule has 0 aromatic heterocycles. The molecule has 1 amide bonds. The van der Waals surface area contributed by atoms with Gasteiger partial charge in [-0.3, -0.25) is 19.7 Å². The molecule has 0 radical (unpaired) electrons. The first kappa shape index (κ1) is 16.9. The van der Waals surface area contributed by atoms with Gasteiger partial charge in [0.1, 0.15) is 6.29 Å². The maximum absolute atomic E-state index is 11.9. The zero-order valence-electron chi connectivity index (χ0n) is 13.0. The molecular weight excluding hydrogens is 300 g/mol. The van der Waals surface area contributed by atoms with Crippen molar-refractivity contribution in [3.05, 3.63) is 33.9 Å². The van der Waals surface area contributed by atoms with Crippen LogP contribution >= 0.6 is 0 Å². The number of carbonyl (C=O) groups excluding carboxylic acids is 2. The zero-order valence-corrected chi connectivity index (χ0v) is 13.0. The predicted octanol–water partition coefficient (Wildman–Crippen LogP) is 2.48. The minimum Gasteiger partial charge on any atom is -0.477 e. The largest absolute Gasteiger partial charge is 0.477 e. The van der Waals surface area contributed by atoms with Crippen molar-refractivity contribution < 1.29 is 19.2 Å². The summed E-state index contributed by atoms with van der Waals surface area (Å²) in [6.45, 7) is 1.91. The standard InChI is InChI=1S/C16H20N2O5/c1-11-2-5-13(6-3-11)17-16(20)10-23-15-7-4-12(9-19)8-14(15)18(21)22/h4,7-9,11,13H,2-3,5-6,10H2,1H3,(H,17,20). The molecule has 0 spiro atoms. The van der Waals surface area contributed by atoms with Gasteiger partial charge in [0.2, 0.25) is 0 Å². The van der Waals surface area contributed by atoms with Crippen LogP contribution < -0.4 is 10.1 Å². The lowest BCUT2D eigenvalue weighted by Gasteiger charge is -2.26. The monoisotopic (exact) mass is 320 g/mol. The second-order valence-corrected chi connectivity index (χ2v) is 5.92. The van der Waals surface area contributed by atoms with Gasteiger partial charge in [-0.1, -0.05) is 6.92 Å². The fraction of sp³-hybridized carbons (Fsp3) is 0.500. The summed E-state index contributed by atoms with van der Waals surface area (Å²) in [7, 11) is 0. The maximum Gasteiger partial charge on any atom is 0.311 e. The van der Waals surface area contributed by atoms with E-state index in [1.165, 1.54) is 12.1 Å². The molecule has 7 heteroatoms. The van der Waals surface area contributed by atoms with Crippen molar-refractivity contribution in [2.24, 2.45) is 5.92 Å². The average molecular weight is 320 g/mol. The normalized spacial score (nSPS) is 20.6. The highest BCUT2D eigenvalue weighted by atomic mass is 16.6. The third kappa shape index (κ3) is 4.77. The molecule has 1 N–H and O–H groups in total. The highest BCUT2D eigenvalue weighted by Gasteiger charge is 2.21. The van der Waals surface area contributed by atoms with Crippen LogP contribution in [0.3, 0.4) is 0 Å². The van der Waals surface area contributed by atoms with Crippen molar-refractivity contribution in [1.29, 1.82) is 0 Å². The van der Waals surface area contributed by atoms with Crippen LogP contribution in [0.2, 0.25) is 0 Å². The molecule has 0 saturated heterocycles. The minimum absolute atomic E-state index is 0.0204. The van der Waals surface area contributed by atoms with E-state index in [1.807, 2.05) is 0 Å². The Bertz CT molecular complexity index is 594. The number of rotatable bonds is 6. The number of nitro groups is 1. The molecule has 0 heterocycles. The third-order valence-electron chi connectivity index (χ3n) is 4.06. The topological polar surface area (TPSA) is 98.5 Å². The molecule has 124 valence electrons. The SMILES string of the molecule is CC1CCC(NC(=O)COc2ccc(C=O)cc2[N+](=O)[O-])CC1. The average Bonchev–Trinajstić information content (AvgIpc) is 2.54. The Morgan fingerprint density at radius 1 is 1.39 bits per heavy atom. The van der Waals surface area contributed by atoms with Gasteiger partial charge in [-0.05, 0) is 43.7 Å². The van der Waals surface area contributed by atoms with Gasteiger partial charge in [0, 0.05) is 17.7 Å². The second-order valence-electron chi connectivity index (χ2n) is 5.92. The molecule has 0 unspecified atom stereocenters. The van der Waals surface area contributed by atoms with Gasteiger partial charge < -0.3 is 10.1 Å². The Morgan fingerprint density at radius 3 is 2.70 bits per heavy atom. The number of nitrogens with zero attached hydrogens (tertiary/aromatic N) is 1. The Labute approximate surface area is 134 Å². The number of benzene rings is 1. The number of hydrogen-bond donors (Lipinski definition) is 1. The summed E-state index contributed by atoms with van der Waals surface area (Å²) in [6.07, 6.45) is 4.59. The smallest absolute Gasteiger partial charge is 0.311 e. The van der Waals surface area contributed by atoms with E-state index in [1.54, 1.807) is 0 Å². The Kier molecular flexibility index (Phi) is 5.67. The van der Waals surface area contributed by atoms with E-state index in [0.29, 0.717) is 12.2 Å². The number of amides is 1. The summed E-state index contributed by atoms with van der Waals surface area (Å²) < 4.78 is 5.25. The zero-order chi connectivity index (χ0) is 16.8. The number of aldehydes is 1. The second kappa shape index (κ2) is 7.71. The van der Waals surface area contributed by atoms with Crippen molar-refractivity contribution in [2.45, 2.75) is 38.6 Å². The third-order valence-corrected chi connectivity index (χ3v) is 4.06. The molecule has 23 heavy (non-hydrogen) atoms. The number of ether oxygens (including phenoxy) is 1. The summed E-state index contributed by atoms with van der Waals surface area (Å²) in [4.78, 5) is 32.9. The fourth-order valence-electron chi connectivity index (χ4n) is 2.69. The maximum atomic E-state index is 11.9. The minimum atomic E-state index is -0.636. The van der Waals surface area contributed by atoms with Crippen LogP contribution in [0.4, 0.5) is 5.69 Å². The van der Waals surface area contributed by atoms with Crippen LogP contribution in [-0.2, 0) is 4.79 Å². The lowest BCUT2D eigenvalue weighted by molar-refractivity contribution is -0.385. The molecule has 2 rings (SSSR count). The highest BCUT2D eigenvalue weighted by molar-refractivity contribution is 5.79. The van der Waals surface area contributed by atoms with E-state index >= 15 is 0 Å². The fourth-order valence-corrected chi connectivity index (χ4v) is 2.69. The summed E-state index contributed by atoms with van der Waals surface area (Å²) in [5.74, 6) is 0.379. The van der Waals surface area contributed by atoms with Crippen LogP contribution in [0.25, 0.3) is 0 Å². The van der Waals surface area contributed by atoms with Crippen molar-refractivity contribution in [2.75, 3.05) is 6.61 Å². The first-order chi connectivity index (χ1) is 11.0. The molecule has 1 aliphatic carbocycles. The van der Waals surface area contributed by atoms with Crippen LogP contribution in [0.5, 0.6) is 5.75 Å². The molecule has 1 fully saturated rings. The molecule has 1 aromatic carbocycles. The van der Waals surface area contributed by atoms with Crippen LogP contribution in [0.15, 0.2) is 18.2 Å². The van der Waals surface area contributed by atoms with Crippen LogP contribution in [-0.4, -0.2) is 29.8 Å². The lowest BCUT2D eigenvalue weighted by atomic mass is 9.87. The first-order valence-corrected chi connectivity index (χ1v) is 7.65. The number of nitrogens with one attached hydrogen (secondary N) is 1. The first-order valence-electron chi connectivity index (χ1n) is 7.65. The number of carbonyl (C=O) groups is 2. The van der Waals surface area contributed by atoms with Gasteiger partial charge in [0.25, 0.3) is 5.91 Å². The molecule has 1 aromatic rings. The quantitative estimate of drug-likeness (QED) is 0.493. The molecule has 7 nitrogen and oxygen atoms in total. The molecule has 1 saturated carbocycles. The van der Waals surface area contributed by atoms with Crippen molar-refractivity contribution in [3.63, 3.8) is 0 Å². The molecule has 0 atom stereocenters. The van der Waals surface area contributed by atoms with E-state index in [2.05, 4.69) is 12.2 Å². The van der Waals surface area contributed by atoms with E-state index in [4.69, 9.17) is 4.74 Å². The van der Waals surface area contributed by atoms with E-state index < -0.39 is 4.92 Å². The highest BCUT2D eigenvalue weighted by Crippen LogP contribution is 2.27. The van der Waals surface area contributed by atoms with E-state index in [9.17, 15) is 19.7 Å². The van der Waals surface area contributed by atoms with Gasteiger partial charge in [-0.25, -0.2) is 0 Å². The van der Waals surface area contributed by atoms with Crippen molar-refractivity contribution >= 4 is 17.9 Å². The van der Waals surface area contributed by atoms with E-state index in [0.717, 1.165) is 31.7 Å². The Morgan fingerprint density at radius 2 is 2.09 bits per heavy atom. The molecule has 1 aliphatic rings. The van der Waals surface area contributed by atoms with Gasteiger partial charge in [0.05, 0.1) is 4.92 Å². The van der Waals surface area contributed by atoms with Gasteiger partial charge in [0.15, 0.2) is 12.4 Å². The molecular formula is C16H20N2O5. The Hall–Kier alpha value is -2.44. The summed E-state index contributed by atoms with van der Waals surface area (Å²) in [6, 6.07) is 4.02. The number of hydrogen-bond acceptors (Lipinski definition) is 5. The molecule has 0 aliphatic heterocycles. The van der Waals surface area contributed by atoms with E-state index in [-0.39, 0.29) is 35.6 Å². The number of nitro benzene ring substituents is 1. The van der Waals surface area contributed by atoms with Gasteiger partial charge in [-0.2, -0.15) is 0 Å². The van der Waals surface area contributed by atoms with Gasteiger partial charge in [-0.15, -0.1) is 0 Å². The summed E-state index contributed by atoms with van der Waals surface area (Å²) in [5, 5.41) is 13.9. The summed E-state index contributed by atoms with van der Waals surface area (Å²) in [5.41, 5.74) is -0.140. The van der Waals surface area contributed by atoms with Crippen LogP contribution in [0.1, 0.15) is 43.0 Å². The van der Waals surface area contributed by atoms with Crippen molar-refractivity contribution in [1.82, 2.24) is 5.32 Å². The Balaban J connectivity index is 1.91.